The summed E-state index contributed by atoms with van der Waals surface area (Å²) in [7, 11) is 2.04. The first-order valence-electron chi connectivity index (χ1n) is 7.60. The van der Waals surface area contributed by atoms with Gasteiger partial charge in [0.1, 0.15) is 0 Å². The molecule has 0 saturated heterocycles. The topological polar surface area (TPSA) is 21.3 Å². The summed E-state index contributed by atoms with van der Waals surface area (Å²) in [5, 5.41) is 3.45. The van der Waals surface area contributed by atoms with Crippen LogP contribution in [0.4, 0.5) is 0 Å². The number of hydrogen-bond donors (Lipinski definition) is 1. The SMILES string of the molecule is CNC(Cc1ccc(C)c(C)c1)c1ccc2c(c1)COC2. The first-order chi connectivity index (χ1) is 10.2. The van der Waals surface area contributed by atoms with E-state index in [0.717, 1.165) is 19.6 Å². The first-order valence-corrected chi connectivity index (χ1v) is 7.60. The van der Waals surface area contributed by atoms with Gasteiger partial charge in [0.15, 0.2) is 0 Å². The van der Waals surface area contributed by atoms with E-state index in [-0.39, 0.29) is 0 Å². The third kappa shape index (κ3) is 3.02. The molecule has 1 N–H and O–H groups in total. The van der Waals surface area contributed by atoms with Crippen molar-refractivity contribution in [3.05, 3.63) is 69.8 Å². The summed E-state index contributed by atoms with van der Waals surface area (Å²) in [4.78, 5) is 0. The fourth-order valence-corrected chi connectivity index (χ4v) is 2.96. The number of ether oxygens (including phenoxy) is 1. The molecule has 2 heteroatoms. The molecular formula is C19H23NO. The largest absolute Gasteiger partial charge is 0.372 e. The van der Waals surface area contributed by atoms with Crippen LogP contribution in [-0.4, -0.2) is 7.05 Å². The van der Waals surface area contributed by atoms with E-state index in [2.05, 4.69) is 55.6 Å². The number of likely N-dealkylation sites (N-methyl/N-ethyl adjacent to an activating group) is 1. The molecule has 1 aliphatic rings. The molecule has 0 fully saturated rings. The maximum Gasteiger partial charge on any atom is 0.0725 e. The van der Waals surface area contributed by atoms with Gasteiger partial charge in [0.25, 0.3) is 0 Å². The van der Waals surface area contributed by atoms with Gasteiger partial charge in [0.2, 0.25) is 0 Å². The molecule has 0 amide bonds. The summed E-state index contributed by atoms with van der Waals surface area (Å²) in [6.45, 7) is 5.86. The molecule has 0 radical (unpaired) electrons. The average Bonchev–Trinajstić information content (AvgIpc) is 2.95. The Morgan fingerprint density at radius 1 is 1.00 bits per heavy atom. The Hall–Kier alpha value is -1.64. The Bertz CT molecular complexity index is 648. The fourth-order valence-electron chi connectivity index (χ4n) is 2.96. The second-order valence-corrected chi connectivity index (χ2v) is 5.98. The van der Waals surface area contributed by atoms with Gasteiger partial charge in [-0.05, 0) is 60.7 Å². The van der Waals surface area contributed by atoms with E-state index in [0.29, 0.717) is 6.04 Å². The molecule has 0 bridgehead atoms. The van der Waals surface area contributed by atoms with Crippen LogP contribution in [0.5, 0.6) is 0 Å². The molecule has 0 spiro atoms. The van der Waals surface area contributed by atoms with Crippen molar-refractivity contribution in [2.45, 2.75) is 39.5 Å². The van der Waals surface area contributed by atoms with Gasteiger partial charge in [0.05, 0.1) is 13.2 Å². The van der Waals surface area contributed by atoms with Crippen molar-refractivity contribution >= 4 is 0 Å². The maximum atomic E-state index is 5.51. The lowest BCUT2D eigenvalue weighted by Gasteiger charge is -2.18. The van der Waals surface area contributed by atoms with E-state index >= 15 is 0 Å². The van der Waals surface area contributed by atoms with Crippen LogP contribution in [0.2, 0.25) is 0 Å². The fraction of sp³-hybridized carbons (Fsp3) is 0.368. The molecule has 1 unspecified atom stereocenters. The second-order valence-electron chi connectivity index (χ2n) is 5.98. The number of fused-ring (bicyclic) bond motifs is 1. The minimum Gasteiger partial charge on any atom is -0.372 e. The molecule has 0 aromatic heterocycles. The molecule has 1 atom stereocenters. The number of nitrogens with one attached hydrogen (secondary N) is 1. The number of rotatable bonds is 4. The van der Waals surface area contributed by atoms with E-state index in [1.165, 1.54) is 33.4 Å². The molecule has 0 aliphatic carbocycles. The van der Waals surface area contributed by atoms with Gasteiger partial charge in [-0.25, -0.2) is 0 Å². The van der Waals surface area contributed by atoms with Gasteiger partial charge in [-0.1, -0.05) is 36.4 Å². The van der Waals surface area contributed by atoms with E-state index in [1.807, 2.05) is 7.05 Å². The molecule has 1 heterocycles. The van der Waals surface area contributed by atoms with Crippen molar-refractivity contribution in [2.75, 3.05) is 7.05 Å². The lowest BCUT2D eigenvalue weighted by atomic mass is 9.94. The van der Waals surface area contributed by atoms with Crippen LogP contribution in [-0.2, 0) is 24.4 Å². The lowest BCUT2D eigenvalue weighted by molar-refractivity contribution is 0.134. The van der Waals surface area contributed by atoms with Crippen molar-refractivity contribution in [1.82, 2.24) is 5.32 Å². The van der Waals surface area contributed by atoms with Crippen molar-refractivity contribution in [3.8, 4) is 0 Å². The predicted octanol–water partition coefficient (Wildman–Crippen LogP) is 3.84. The van der Waals surface area contributed by atoms with Crippen LogP contribution in [0.15, 0.2) is 36.4 Å². The maximum absolute atomic E-state index is 5.51. The van der Waals surface area contributed by atoms with Crippen LogP contribution < -0.4 is 5.32 Å². The van der Waals surface area contributed by atoms with Gasteiger partial charge >= 0.3 is 0 Å². The normalized spacial score (nSPS) is 15.0. The quantitative estimate of drug-likeness (QED) is 0.919. The van der Waals surface area contributed by atoms with Crippen molar-refractivity contribution < 1.29 is 4.74 Å². The minimum atomic E-state index is 0.345. The Morgan fingerprint density at radius 3 is 2.57 bits per heavy atom. The van der Waals surface area contributed by atoms with E-state index in [1.54, 1.807) is 0 Å². The van der Waals surface area contributed by atoms with Crippen molar-refractivity contribution in [2.24, 2.45) is 0 Å². The van der Waals surface area contributed by atoms with Crippen molar-refractivity contribution in [3.63, 3.8) is 0 Å². The van der Waals surface area contributed by atoms with Gasteiger partial charge < -0.3 is 10.1 Å². The molecule has 2 nitrogen and oxygen atoms in total. The zero-order chi connectivity index (χ0) is 14.8. The second kappa shape index (κ2) is 6.00. The molecule has 1 aliphatic heterocycles. The van der Waals surface area contributed by atoms with Gasteiger partial charge in [-0.15, -0.1) is 0 Å². The highest BCUT2D eigenvalue weighted by Gasteiger charge is 2.16. The highest BCUT2D eigenvalue weighted by Crippen LogP contribution is 2.26. The van der Waals surface area contributed by atoms with Crippen LogP contribution in [0.1, 0.15) is 39.4 Å². The Labute approximate surface area is 127 Å². The van der Waals surface area contributed by atoms with Crippen molar-refractivity contribution in [1.29, 1.82) is 0 Å². The van der Waals surface area contributed by atoms with E-state index in [4.69, 9.17) is 4.74 Å². The molecule has 110 valence electrons. The number of hydrogen-bond acceptors (Lipinski definition) is 2. The summed E-state index contributed by atoms with van der Waals surface area (Å²) in [5.41, 5.74) is 8.13. The third-order valence-corrected chi connectivity index (χ3v) is 4.51. The van der Waals surface area contributed by atoms with Gasteiger partial charge in [0, 0.05) is 6.04 Å². The van der Waals surface area contributed by atoms with Gasteiger partial charge in [-0.3, -0.25) is 0 Å². The van der Waals surface area contributed by atoms with Crippen LogP contribution in [0.3, 0.4) is 0 Å². The summed E-state index contributed by atoms with van der Waals surface area (Å²) < 4.78 is 5.51. The van der Waals surface area contributed by atoms with E-state index < -0.39 is 0 Å². The monoisotopic (exact) mass is 281 g/mol. The van der Waals surface area contributed by atoms with Crippen LogP contribution >= 0.6 is 0 Å². The lowest BCUT2D eigenvalue weighted by Crippen LogP contribution is -2.19. The standard InChI is InChI=1S/C19H23NO/c1-13-4-5-15(8-14(13)2)9-19(20-3)16-6-7-17-11-21-12-18(17)10-16/h4-8,10,19-20H,9,11-12H2,1-3H3. The first kappa shape index (κ1) is 14.3. The summed E-state index contributed by atoms with van der Waals surface area (Å²) in [6, 6.07) is 13.8. The molecule has 2 aromatic carbocycles. The summed E-state index contributed by atoms with van der Waals surface area (Å²) in [5.74, 6) is 0. The smallest absolute Gasteiger partial charge is 0.0725 e. The zero-order valence-corrected chi connectivity index (χ0v) is 13.1. The molecule has 3 rings (SSSR count). The number of aryl methyl sites for hydroxylation is 2. The Balaban J connectivity index is 1.83. The van der Waals surface area contributed by atoms with Crippen LogP contribution in [0, 0.1) is 13.8 Å². The Morgan fingerprint density at radius 2 is 1.81 bits per heavy atom. The molecule has 21 heavy (non-hydrogen) atoms. The van der Waals surface area contributed by atoms with Gasteiger partial charge in [-0.2, -0.15) is 0 Å². The van der Waals surface area contributed by atoms with E-state index in [9.17, 15) is 0 Å². The zero-order valence-electron chi connectivity index (χ0n) is 13.1. The van der Waals surface area contributed by atoms with Crippen LogP contribution in [0.25, 0.3) is 0 Å². The minimum absolute atomic E-state index is 0.345. The highest BCUT2D eigenvalue weighted by molar-refractivity contribution is 5.36. The predicted molar refractivity (Wildman–Crippen MR) is 86.4 cm³/mol. The molecule has 0 saturated carbocycles. The Kier molecular flexibility index (Phi) is 4.09. The molecular weight excluding hydrogens is 258 g/mol. The summed E-state index contributed by atoms with van der Waals surface area (Å²) >= 11 is 0. The third-order valence-electron chi connectivity index (χ3n) is 4.51. The average molecular weight is 281 g/mol. The number of benzene rings is 2. The molecule has 2 aromatic rings. The highest BCUT2D eigenvalue weighted by atomic mass is 16.5. The summed E-state index contributed by atoms with van der Waals surface area (Å²) in [6.07, 6.45) is 1.01.